The number of aryl methyl sites for hydroxylation is 1. The van der Waals surface area contributed by atoms with Crippen LogP contribution >= 0.6 is 0 Å². The molecule has 132 valence electrons. The number of hydrogen-bond donors (Lipinski definition) is 0. The minimum Gasteiger partial charge on any atom is -0.310 e. The lowest BCUT2D eigenvalue weighted by molar-refractivity contribution is 0.112. The number of rotatable bonds is 6. The van der Waals surface area contributed by atoms with E-state index in [9.17, 15) is 4.79 Å². The summed E-state index contributed by atoms with van der Waals surface area (Å²) in [6.07, 6.45) is 1.85. The summed E-state index contributed by atoms with van der Waals surface area (Å²) in [5, 5.41) is 0. The van der Waals surface area contributed by atoms with E-state index in [2.05, 4.69) is 68.1 Å². The SMILES string of the molecule is CCc1cccc(C(C)C)c1N(c1ccccc1)c1ccc(C=O)cc1. The molecular weight excluding hydrogens is 318 g/mol. The van der Waals surface area contributed by atoms with Crippen LogP contribution in [-0.2, 0) is 6.42 Å². The number of hydrogen-bond acceptors (Lipinski definition) is 2. The van der Waals surface area contributed by atoms with Gasteiger partial charge in [-0.05, 0) is 59.9 Å². The van der Waals surface area contributed by atoms with Gasteiger partial charge in [-0.1, -0.05) is 57.2 Å². The molecular formula is C24H25NO. The van der Waals surface area contributed by atoms with Gasteiger partial charge in [0.1, 0.15) is 6.29 Å². The van der Waals surface area contributed by atoms with Crippen LogP contribution in [0.4, 0.5) is 17.1 Å². The number of anilines is 3. The maximum Gasteiger partial charge on any atom is 0.150 e. The number of carbonyl (C=O) groups is 1. The summed E-state index contributed by atoms with van der Waals surface area (Å²) in [7, 11) is 0. The van der Waals surface area contributed by atoms with Crippen molar-refractivity contribution in [3.8, 4) is 0 Å². The summed E-state index contributed by atoms with van der Waals surface area (Å²) < 4.78 is 0. The monoisotopic (exact) mass is 343 g/mol. The van der Waals surface area contributed by atoms with Crippen LogP contribution in [0.25, 0.3) is 0 Å². The Balaban J connectivity index is 2.26. The van der Waals surface area contributed by atoms with E-state index in [1.807, 2.05) is 30.3 Å². The second-order valence-electron chi connectivity index (χ2n) is 6.74. The molecule has 0 heterocycles. The van der Waals surface area contributed by atoms with Crippen LogP contribution in [0.15, 0.2) is 72.8 Å². The number of carbonyl (C=O) groups excluding carboxylic acids is 1. The average Bonchev–Trinajstić information content (AvgIpc) is 2.69. The standard InChI is InChI=1S/C24H25NO/c1-4-20-9-8-12-23(18(2)3)24(20)25(21-10-6-5-7-11-21)22-15-13-19(17-26)14-16-22/h5-18H,4H2,1-3H3. The van der Waals surface area contributed by atoms with Gasteiger partial charge in [-0.15, -0.1) is 0 Å². The van der Waals surface area contributed by atoms with Crippen LogP contribution in [0.5, 0.6) is 0 Å². The first-order valence-electron chi connectivity index (χ1n) is 9.18. The van der Waals surface area contributed by atoms with Gasteiger partial charge in [0.15, 0.2) is 0 Å². The summed E-state index contributed by atoms with van der Waals surface area (Å²) in [5.74, 6) is 0.414. The van der Waals surface area contributed by atoms with Gasteiger partial charge >= 0.3 is 0 Å². The average molecular weight is 343 g/mol. The fourth-order valence-corrected chi connectivity index (χ4v) is 3.32. The van der Waals surface area contributed by atoms with Crippen molar-refractivity contribution >= 4 is 23.3 Å². The highest BCUT2D eigenvalue weighted by Crippen LogP contribution is 2.41. The number of nitrogens with zero attached hydrogens (tertiary/aromatic N) is 1. The predicted molar refractivity (Wildman–Crippen MR) is 110 cm³/mol. The fourth-order valence-electron chi connectivity index (χ4n) is 3.32. The van der Waals surface area contributed by atoms with Crippen molar-refractivity contribution in [3.05, 3.63) is 89.5 Å². The molecule has 2 heteroatoms. The number of benzene rings is 3. The number of para-hydroxylation sites is 2. The Kier molecular flexibility index (Phi) is 5.52. The van der Waals surface area contributed by atoms with E-state index >= 15 is 0 Å². The highest BCUT2D eigenvalue weighted by Gasteiger charge is 2.20. The Hall–Kier alpha value is -2.87. The summed E-state index contributed by atoms with van der Waals surface area (Å²) in [4.78, 5) is 13.4. The van der Waals surface area contributed by atoms with Gasteiger partial charge in [0.05, 0.1) is 5.69 Å². The lowest BCUT2D eigenvalue weighted by atomic mass is 9.95. The normalized spacial score (nSPS) is 10.8. The zero-order valence-corrected chi connectivity index (χ0v) is 15.6. The first-order chi connectivity index (χ1) is 12.7. The molecule has 0 fully saturated rings. The molecule has 0 unspecified atom stereocenters. The van der Waals surface area contributed by atoms with E-state index in [-0.39, 0.29) is 0 Å². The van der Waals surface area contributed by atoms with E-state index in [0.717, 1.165) is 24.1 Å². The van der Waals surface area contributed by atoms with Gasteiger partial charge < -0.3 is 4.90 Å². The molecule has 0 spiro atoms. The Bertz CT molecular complexity index is 866. The molecule has 3 rings (SSSR count). The van der Waals surface area contributed by atoms with Crippen LogP contribution < -0.4 is 4.90 Å². The van der Waals surface area contributed by atoms with Gasteiger partial charge in [0, 0.05) is 16.9 Å². The van der Waals surface area contributed by atoms with Crippen LogP contribution in [0, 0.1) is 0 Å². The lowest BCUT2D eigenvalue weighted by Gasteiger charge is -2.31. The number of aldehydes is 1. The molecule has 0 radical (unpaired) electrons. The smallest absolute Gasteiger partial charge is 0.150 e. The van der Waals surface area contributed by atoms with E-state index in [4.69, 9.17) is 0 Å². The highest BCUT2D eigenvalue weighted by molar-refractivity contribution is 5.83. The molecule has 0 aliphatic rings. The zero-order valence-electron chi connectivity index (χ0n) is 15.6. The Morgan fingerprint density at radius 2 is 1.50 bits per heavy atom. The van der Waals surface area contributed by atoms with E-state index in [0.29, 0.717) is 11.5 Å². The van der Waals surface area contributed by atoms with Gasteiger partial charge in [-0.3, -0.25) is 4.79 Å². The quantitative estimate of drug-likeness (QED) is 0.467. The molecule has 0 N–H and O–H groups in total. The molecule has 0 atom stereocenters. The third-order valence-corrected chi connectivity index (χ3v) is 4.68. The van der Waals surface area contributed by atoms with Crippen LogP contribution in [0.3, 0.4) is 0 Å². The van der Waals surface area contributed by atoms with Crippen LogP contribution in [0.2, 0.25) is 0 Å². The zero-order chi connectivity index (χ0) is 18.5. The van der Waals surface area contributed by atoms with E-state index in [1.165, 1.54) is 16.8 Å². The first kappa shape index (κ1) is 17.9. The van der Waals surface area contributed by atoms with Crippen molar-refractivity contribution in [2.45, 2.75) is 33.1 Å². The lowest BCUT2D eigenvalue weighted by Crippen LogP contribution is -2.15. The Morgan fingerprint density at radius 1 is 0.846 bits per heavy atom. The molecule has 0 amide bonds. The highest BCUT2D eigenvalue weighted by atomic mass is 16.1. The maximum atomic E-state index is 11.1. The summed E-state index contributed by atoms with van der Waals surface area (Å²) in [5.41, 5.74) is 6.76. The molecule has 26 heavy (non-hydrogen) atoms. The van der Waals surface area contributed by atoms with E-state index < -0.39 is 0 Å². The van der Waals surface area contributed by atoms with Crippen molar-refractivity contribution in [3.63, 3.8) is 0 Å². The van der Waals surface area contributed by atoms with Crippen molar-refractivity contribution in [2.75, 3.05) is 4.90 Å². The van der Waals surface area contributed by atoms with Crippen molar-refractivity contribution in [1.82, 2.24) is 0 Å². The molecule has 2 nitrogen and oxygen atoms in total. The molecule has 0 bridgehead atoms. The summed E-state index contributed by atoms with van der Waals surface area (Å²) in [6.45, 7) is 6.66. The maximum absolute atomic E-state index is 11.1. The van der Waals surface area contributed by atoms with Gasteiger partial charge in [0.25, 0.3) is 0 Å². The summed E-state index contributed by atoms with van der Waals surface area (Å²) >= 11 is 0. The second kappa shape index (κ2) is 8.01. The van der Waals surface area contributed by atoms with Gasteiger partial charge in [-0.2, -0.15) is 0 Å². The fraction of sp³-hybridized carbons (Fsp3) is 0.208. The minimum absolute atomic E-state index is 0.414. The van der Waals surface area contributed by atoms with E-state index in [1.54, 1.807) is 0 Å². The predicted octanol–water partition coefficient (Wildman–Crippen LogP) is 6.65. The molecule has 3 aromatic rings. The van der Waals surface area contributed by atoms with Crippen LogP contribution in [0.1, 0.15) is 48.2 Å². The molecule has 0 saturated carbocycles. The summed E-state index contributed by atoms with van der Waals surface area (Å²) in [6, 6.07) is 24.8. The minimum atomic E-state index is 0.414. The molecule has 0 aliphatic heterocycles. The Labute approximate surface area is 156 Å². The molecule has 0 aromatic heterocycles. The molecule has 0 aliphatic carbocycles. The van der Waals surface area contributed by atoms with Crippen molar-refractivity contribution < 1.29 is 4.79 Å². The topological polar surface area (TPSA) is 20.3 Å². The van der Waals surface area contributed by atoms with Gasteiger partial charge in [0.2, 0.25) is 0 Å². The third-order valence-electron chi connectivity index (χ3n) is 4.68. The molecule has 0 saturated heterocycles. The first-order valence-corrected chi connectivity index (χ1v) is 9.18. The Morgan fingerprint density at radius 3 is 2.08 bits per heavy atom. The van der Waals surface area contributed by atoms with Crippen molar-refractivity contribution in [2.24, 2.45) is 0 Å². The second-order valence-corrected chi connectivity index (χ2v) is 6.74. The van der Waals surface area contributed by atoms with Crippen LogP contribution in [-0.4, -0.2) is 6.29 Å². The molecule has 3 aromatic carbocycles. The van der Waals surface area contributed by atoms with Gasteiger partial charge in [-0.25, -0.2) is 0 Å². The largest absolute Gasteiger partial charge is 0.310 e. The third kappa shape index (κ3) is 3.55. The van der Waals surface area contributed by atoms with Crippen molar-refractivity contribution in [1.29, 1.82) is 0 Å².